The number of hydrogen-bond donors (Lipinski definition) is 1. The van der Waals surface area contributed by atoms with E-state index in [0.29, 0.717) is 23.2 Å². The average molecular weight is 297 g/mol. The molecule has 2 unspecified atom stereocenters. The fraction of sp³-hybridized carbons (Fsp3) is 0.462. The van der Waals surface area contributed by atoms with Crippen molar-refractivity contribution >= 4 is 27.5 Å². The molecule has 1 amide bonds. The first-order valence-electron chi connectivity index (χ1n) is 5.84. The minimum Gasteiger partial charge on any atom is -0.399 e. The number of nitrogens with zero attached hydrogens (tertiary/aromatic N) is 1. The summed E-state index contributed by atoms with van der Waals surface area (Å²) >= 11 is 3.37. The molecule has 0 radical (unpaired) electrons. The molecular weight excluding hydrogens is 280 g/mol. The van der Waals surface area contributed by atoms with Gasteiger partial charge in [0.1, 0.15) is 0 Å². The van der Waals surface area contributed by atoms with Crippen molar-refractivity contribution in [2.24, 2.45) is 5.92 Å². The van der Waals surface area contributed by atoms with E-state index in [2.05, 4.69) is 29.8 Å². The topological polar surface area (TPSA) is 46.3 Å². The van der Waals surface area contributed by atoms with Gasteiger partial charge in [0.25, 0.3) is 5.91 Å². The van der Waals surface area contributed by atoms with Gasteiger partial charge in [-0.3, -0.25) is 4.79 Å². The summed E-state index contributed by atoms with van der Waals surface area (Å²) in [6, 6.07) is 5.68. The summed E-state index contributed by atoms with van der Waals surface area (Å²) in [5.74, 6) is 0.660. The molecule has 2 rings (SSSR count). The van der Waals surface area contributed by atoms with E-state index >= 15 is 0 Å². The minimum atomic E-state index is 0.0786. The van der Waals surface area contributed by atoms with Gasteiger partial charge in [-0.1, -0.05) is 22.9 Å². The molecule has 2 N–H and O–H groups in total. The van der Waals surface area contributed by atoms with Gasteiger partial charge in [-0.2, -0.15) is 0 Å². The summed E-state index contributed by atoms with van der Waals surface area (Å²) in [5, 5.41) is 0. The third-order valence-electron chi connectivity index (χ3n) is 3.21. The number of likely N-dealkylation sites (tertiary alicyclic amines) is 1. The fourth-order valence-corrected chi connectivity index (χ4v) is 3.00. The lowest BCUT2D eigenvalue weighted by molar-refractivity contribution is 0.0744. The Morgan fingerprint density at radius 2 is 2.12 bits per heavy atom. The molecule has 2 atom stereocenters. The van der Waals surface area contributed by atoms with Gasteiger partial charge in [-0.15, -0.1) is 0 Å². The van der Waals surface area contributed by atoms with Crippen molar-refractivity contribution in [3.8, 4) is 0 Å². The van der Waals surface area contributed by atoms with Crippen LogP contribution in [-0.2, 0) is 0 Å². The average Bonchev–Trinajstić information content (AvgIpc) is 2.55. The molecule has 0 saturated carbocycles. The van der Waals surface area contributed by atoms with Crippen molar-refractivity contribution in [2.75, 3.05) is 12.3 Å². The van der Waals surface area contributed by atoms with Gasteiger partial charge in [-0.05, 0) is 37.5 Å². The highest BCUT2D eigenvalue weighted by molar-refractivity contribution is 9.10. The van der Waals surface area contributed by atoms with Gasteiger partial charge in [0, 0.05) is 28.3 Å². The second-order valence-corrected chi connectivity index (χ2v) is 5.84. The smallest absolute Gasteiger partial charge is 0.254 e. The Labute approximate surface area is 110 Å². The fourth-order valence-electron chi connectivity index (χ4n) is 2.48. The van der Waals surface area contributed by atoms with E-state index in [4.69, 9.17) is 5.73 Å². The first-order valence-corrected chi connectivity index (χ1v) is 6.63. The number of amides is 1. The highest BCUT2D eigenvalue weighted by Crippen LogP contribution is 2.26. The zero-order valence-corrected chi connectivity index (χ0v) is 11.7. The molecule has 0 aliphatic carbocycles. The Hall–Kier alpha value is -1.03. The quantitative estimate of drug-likeness (QED) is 0.810. The Morgan fingerprint density at radius 3 is 2.65 bits per heavy atom. The number of nitrogens with two attached hydrogens (primary N) is 1. The van der Waals surface area contributed by atoms with Gasteiger partial charge in [0.2, 0.25) is 0 Å². The molecule has 1 aromatic rings. The molecule has 4 heteroatoms. The van der Waals surface area contributed by atoms with Crippen molar-refractivity contribution in [1.29, 1.82) is 0 Å². The van der Waals surface area contributed by atoms with Crippen LogP contribution in [0.25, 0.3) is 0 Å². The molecule has 1 saturated heterocycles. The molecule has 1 heterocycles. The van der Waals surface area contributed by atoms with Gasteiger partial charge >= 0.3 is 0 Å². The number of halogens is 1. The summed E-state index contributed by atoms with van der Waals surface area (Å²) in [6.45, 7) is 5.12. The predicted molar refractivity (Wildman–Crippen MR) is 72.8 cm³/mol. The number of benzene rings is 1. The van der Waals surface area contributed by atoms with Gasteiger partial charge in [0.15, 0.2) is 0 Å². The summed E-state index contributed by atoms with van der Waals surface area (Å²) < 4.78 is 0.848. The number of carbonyl (C=O) groups excluding carboxylic acids is 1. The van der Waals surface area contributed by atoms with Crippen LogP contribution in [0.2, 0.25) is 0 Å². The van der Waals surface area contributed by atoms with Crippen LogP contribution >= 0.6 is 15.9 Å². The summed E-state index contributed by atoms with van der Waals surface area (Å²) in [4.78, 5) is 14.3. The number of hydrogen-bond acceptors (Lipinski definition) is 2. The standard InChI is InChI=1S/C13H17BrN2O/c1-8-3-9(2)16(7-8)13(17)10-4-11(14)6-12(15)5-10/h4-6,8-9H,3,7,15H2,1-2H3. The van der Waals surface area contributed by atoms with E-state index < -0.39 is 0 Å². The van der Waals surface area contributed by atoms with Crippen molar-refractivity contribution in [2.45, 2.75) is 26.3 Å². The van der Waals surface area contributed by atoms with Crippen LogP contribution < -0.4 is 5.73 Å². The van der Waals surface area contributed by atoms with Crippen LogP contribution in [0.1, 0.15) is 30.6 Å². The van der Waals surface area contributed by atoms with Crippen LogP contribution in [0.15, 0.2) is 22.7 Å². The summed E-state index contributed by atoms with van der Waals surface area (Å²) in [7, 11) is 0. The predicted octanol–water partition coefficient (Wildman–Crippen LogP) is 2.90. The molecule has 92 valence electrons. The lowest BCUT2D eigenvalue weighted by atomic mass is 10.1. The molecular formula is C13H17BrN2O. The van der Waals surface area contributed by atoms with Crippen LogP contribution in [0, 0.1) is 5.92 Å². The van der Waals surface area contributed by atoms with Gasteiger partial charge < -0.3 is 10.6 Å². The lowest BCUT2D eigenvalue weighted by Gasteiger charge is -2.21. The van der Waals surface area contributed by atoms with Crippen LogP contribution in [0.5, 0.6) is 0 Å². The minimum absolute atomic E-state index is 0.0786. The first kappa shape index (κ1) is 12.4. The maximum atomic E-state index is 12.4. The molecule has 1 aliphatic rings. The van der Waals surface area contributed by atoms with E-state index in [9.17, 15) is 4.79 Å². The molecule has 1 aromatic carbocycles. The molecule has 0 bridgehead atoms. The van der Waals surface area contributed by atoms with E-state index in [0.717, 1.165) is 17.4 Å². The maximum absolute atomic E-state index is 12.4. The van der Waals surface area contributed by atoms with Crippen molar-refractivity contribution in [3.05, 3.63) is 28.2 Å². The molecule has 3 nitrogen and oxygen atoms in total. The summed E-state index contributed by atoms with van der Waals surface area (Å²) in [6.07, 6.45) is 1.08. The monoisotopic (exact) mass is 296 g/mol. The van der Waals surface area contributed by atoms with Crippen molar-refractivity contribution < 1.29 is 4.79 Å². The van der Waals surface area contributed by atoms with Crippen LogP contribution in [-0.4, -0.2) is 23.4 Å². The van der Waals surface area contributed by atoms with E-state index in [1.165, 1.54) is 0 Å². The lowest BCUT2D eigenvalue weighted by Crippen LogP contribution is -2.34. The summed E-state index contributed by atoms with van der Waals surface area (Å²) in [5.41, 5.74) is 7.04. The second-order valence-electron chi connectivity index (χ2n) is 4.92. The third-order valence-corrected chi connectivity index (χ3v) is 3.67. The first-order chi connectivity index (χ1) is 7.97. The zero-order chi connectivity index (χ0) is 12.6. The maximum Gasteiger partial charge on any atom is 0.254 e. The van der Waals surface area contributed by atoms with Crippen molar-refractivity contribution in [1.82, 2.24) is 4.90 Å². The largest absolute Gasteiger partial charge is 0.399 e. The second kappa shape index (κ2) is 4.69. The number of rotatable bonds is 1. The molecule has 0 spiro atoms. The Bertz CT molecular complexity index is 427. The van der Waals surface area contributed by atoms with E-state index in [-0.39, 0.29) is 5.91 Å². The van der Waals surface area contributed by atoms with Crippen LogP contribution in [0.3, 0.4) is 0 Å². The molecule has 0 aromatic heterocycles. The third kappa shape index (κ3) is 2.63. The molecule has 1 aliphatic heterocycles. The highest BCUT2D eigenvalue weighted by atomic mass is 79.9. The Kier molecular flexibility index (Phi) is 3.43. The molecule has 17 heavy (non-hydrogen) atoms. The Balaban J connectivity index is 2.25. The normalized spacial score (nSPS) is 24.1. The number of anilines is 1. The van der Waals surface area contributed by atoms with Gasteiger partial charge in [-0.25, -0.2) is 0 Å². The van der Waals surface area contributed by atoms with Crippen molar-refractivity contribution in [3.63, 3.8) is 0 Å². The molecule has 1 fully saturated rings. The zero-order valence-electron chi connectivity index (χ0n) is 10.1. The number of carbonyl (C=O) groups is 1. The van der Waals surface area contributed by atoms with Gasteiger partial charge in [0.05, 0.1) is 0 Å². The Morgan fingerprint density at radius 1 is 1.41 bits per heavy atom. The highest BCUT2D eigenvalue weighted by Gasteiger charge is 2.30. The van der Waals surface area contributed by atoms with E-state index in [1.807, 2.05) is 11.0 Å². The van der Waals surface area contributed by atoms with E-state index in [1.54, 1.807) is 12.1 Å². The van der Waals surface area contributed by atoms with Crippen LogP contribution in [0.4, 0.5) is 5.69 Å². The number of nitrogen functional groups attached to an aromatic ring is 1. The SMILES string of the molecule is CC1CC(C)N(C(=O)c2cc(N)cc(Br)c2)C1.